The van der Waals surface area contributed by atoms with E-state index in [0.29, 0.717) is 12.4 Å². The number of guanidine groups is 1. The van der Waals surface area contributed by atoms with Crippen LogP contribution >= 0.6 is 0 Å². The average molecular weight is 378 g/mol. The van der Waals surface area contributed by atoms with Crippen LogP contribution in [-0.4, -0.2) is 37.0 Å². The molecule has 0 aliphatic carbocycles. The van der Waals surface area contributed by atoms with E-state index in [2.05, 4.69) is 34.3 Å². The van der Waals surface area contributed by atoms with Crippen molar-refractivity contribution >= 4 is 5.96 Å². The molecule has 28 heavy (non-hydrogen) atoms. The number of aliphatic imine (C=N–C) groups is 1. The van der Waals surface area contributed by atoms with Crippen LogP contribution in [0, 0.1) is 6.92 Å². The van der Waals surface area contributed by atoms with Gasteiger partial charge < -0.3 is 19.4 Å². The molecule has 0 saturated carbocycles. The van der Waals surface area contributed by atoms with Crippen molar-refractivity contribution < 1.29 is 9.15 Å². The number of ether oxygens (including phenoxy) is 1. The summed E-state index contributed by atoms with van der Waals surface area (Å²) < 4.78 is 11.1. The molecule has 6 heteroatoms. The number of nitrogens with zero attached hydrogens (tertiary/aromatic N) is 3. The molecule has 6 nitrogen and oxygen atoms in total. The van der Waals surface area contributed by atoms with Crippen molar-refractivity contribution in [2.45, 2.75) is 20.0 Å². The predicted octanol–water partition coefficient (Wildman–Crippen LogP) is 3.87. The van der Waals surface area contributed by atoms with Crippen LogP contribution in [0.2, 0.25) is 0 Å². The van der Waals surface area contributed by atoms with Gasteiger partial charge in [-0.15, -0.1) is 0 Å². The Hall–Kier alpha value is -3.28. The monoisotopic (exact) mass is 378 g/mol. The first-order valence-corrected chi connectivity index (χ1v) is 9.15. The number of hydrogen-bond acceptors (Lipinski definition) is 4. The molecule has 0 spiro atoms. The van der Waals surface area contributed by atoms with Crippen LogP contribution in [0.5, 0.6) is 5.75 Å². The van der Waals surface area contributed by atoms with Gasteiger partial charge in [0.15, 0.2) is 11.7 Å². The van der Waals surface area contributed by atoms with E-state index in [-0.39, 0.29) is 0 Å². The Bertz CT molecular complexity index is 914. The number of oxazole rings is 1. The first-order chi connectivity index (χ1) is 13.6. The van der Waals surface area contributed by atoms with Crippen molar-refractivity contribution in [1.82, 2.24) is 15.2 Å². The van der Waals surface area contributed by atoms with Crippen LogP contribution in [0.4, 0.5) is 0 Å². The maximum atomic E-state index is 5.87. The highest BCUT2D eigenvalue weighted by atomic mass is 16.5. The van der Waals surface area contributed by atoms with Gasteiger partial charge in [-0.3, -0.25) is 4.99 Å². The van der Waals surface area contributed by atoms with E-state index in [0.717, 1.165) is 29.6 Å². The van der Waals surface area contributed by atoms with Crippen molar-refractivity contribution in [2.75, 3.05) is 21.2 Å². The van der Waals surface area contributed by atoms with Gasteiger partial charge in [0, 0.05) is 26.2 Å². The third-order valence-electron chi connectivity index (χ3n) is 4.44. The molecule has 0 saturated heterocycles. The van der Waals surface area contributed by atoms with Crippen LogP contribution in [0.3, 0.4) is 0 Å². The standard InChI is InChI=1S/C22H26N4O2/c1-16-5-9-18(10-6-16)20-13-24-21(28-20)14-25-22(23-2)26(3)15-17-7-11-19(27-4)12-8-17/h5-13H,14-15H2,1-4H3,(H,23,25). The molecular weight excluding hydrogens is 352 g/mol. The van der Waals surface area contributed by atoms with E-state index < -0.39 is 0 Å². The largest absolute Gasteiger partial charge is 0.497 e. The zero-order chi connectivity index (χ0) is 19.9. The summed E-state index contributed by atoms with van der Waals surface area (Å²) in [6, 6.07) is 16.2. The van der Waals surface area contributed by atoms with Crippen molar-refractivity contribution in [3.05, 3.63) is 71.7 Å². The molecule has 1 N–H and O–H groups in total. The van der Waals surface area contributed by atoms with E-state index in [1.807, 2.05) is 48.3 Å². The second-order valence-corrected chi connectivity index (χ2v) is 6.59. The Morgan fingerprint density at radius 3 is 2.50 bits per heavy atom. The summed E-state index contributed by atoms with van der Waals surface area (Å²) in [5, 5.41) is 3.30. The van der Waals surface area contributed by atoms with Crippen LogP contribution in [0.15, 0.2) is 64.1 Å². The van der Waals surface area contributed by atoms with Gasteiger partial charge in [-0.05, 0) is 24.6 Å². The minimum Gasteiger partial charge on any atom is -0.497 e. The van der Waals surface area contributed by atoms with E-state index in [9.17, 15) is 0 Å². The summed E-state index contributed by atoms with van der Waals surface area (Å²) in [5.74, 6) is 3.00. The zero-order valence-corrected chi connectivity index (χ0v) is 16.8. The maximum Gasteiger partial charge on any atom is 0.214 e. The summed E-state index contributed by atoms with van der Waals surface area (Å²) in [6.07, 6.45) is 1.76. The van der Waals surface area contributed by atoms with Crippen LogP contribution in [0.25, 0.3) is 11.3 Å². The Morgan fingerprint density at radius 2 is 1.86 bits per heavy atom. The van der Waals surface area contributed by atoms with Gasteiger partial charge >= 0.3 is 0 Å². The maximum absolute atomic E-state index is 5.87. The van der Waals surface area contributed by atoms with Crippen molar-refractivity contribution in [1.29, 1.82) is 0 Å². The fourth-order valence-electron chi connectivity index (χ4n) is 2.86. The number of rotatable bonds is 6. The molecule has 0 aliphatic rings. The summed E-state index contributed by atoms with van der Waals surface area (Å²) in [6.45, 7) is 3.25. The van der Waals surface area contributed by atoms with Crippen molar-refractivity contribution in [3.8, 4) is 17.1 Å². The molecule has 0 unspecified atom stereocenters. The molecule has 0 aliphatic heterocycles. The summed E-state index contributed by atoms with van der Waals surface area (Å²) in [5.41, 5.74) is 3.41. The summed E-state index contributed by atoms with van der Waals surface area (Å²) >= 11 is 0. The number of methoxy groups -OCH3 is 1. The molecule has 3 aromatic rings. The predicted molar refractivity (Wildman–Crippen MR) is 111 cm³/mol. The molecule has 0 amide bonds. The molecule has 3 rings (SSSR count). The zero-order valence-electron chi connectivity index (χ0n) is 16.8. The minimum absolute atomic E-state index is 0.464. The number of aromatic nitrogens is 1. The highest BCUT2D eigenvalue weighted by Gasteiger charge is 2.10. The van der Waals surface area contributed by atoms with Gasteiger partial charge in [0.1, 0.15) is 5.75 Å². The lowest BCUT2D eigenvalue weighted by molar-refractivity contribution is 0.414. The molecule has 146 valence electrons. The third kappa shape index (κ3) is 4.91. The topological polar surface area (TPSA) is 62.9 Å². The van der Waals surface area contributed by atoms with Gasteiger partial charge in [0.25, 0.3) is 0 Å². The molecule has 1 aromatic heterocycles. The molecule has 2 aromatic carbocycles. The van der Waals surface area contributed by atoms with Crippen LogP contribution in [-0.2, 0) is 13.1 Å². The molecular formula is C22H26N4O2. The Balaban J connectivity index is 1.58. The number of aryl methyl sites for hydroxylation is 1. The van der Waals surface area contributed by atoms with E-state index in [1.165, 1.54) is 11.1 Å². The second kappa shape index (κ2) is 9.08. The Kier molecular flexibility index (Phi) is 6.32. The molecule has 1 heterocycles. The Labute approximate surface area is 165 Å². The molecule has 0 fully saturated rings. The lowest BCUT2D eigenvalue weighted by Gasteiger charge is -2.21. The number of hydrogen-bond donors (Lipinski definition) is 1. The van der Waals surface area contributed by atoms with Gasteiger partial charge in [-0.25, -0.2) is 4.98 Å². The summed E-state index contributed by atoms with van der Waals surface area (Å²) in [4.78, 5) is 10.8. The smallest absolute Gasteiger partial charge is 0.214 e. The van der Waals surface area contributed by atoms with Crippen LogP contribution in [0.1, 0.15) is 17.0 Å². The minimum atomic E-state index is 0.464. The number of benzene rings is 2. The first kappa shape index (κ1) is 19.5. The summed E-state index contributed by atoms with van der Waals surface area (Å²) in [7, 11) is 5.42. The fraction of sp³-hybridized carbons (Fsp3) is 0.273. The highest BCUT2D eigenvalue weighted by molar-refractivity contribution is 5.79. The van der Waals surface area contributed by atoms with Gasteiger partial charge in [0.2, 0.25) is 5.89 Å². The van der Waals surface area contributed by atoms with Crippen molar-refractivity contribution in [3.63, 3.8) is 0 Å². The highest BCUT2D eigenvalue weighted by Crippen LogP contribution is 2.20. The average Bonchev–Trinajstić information content (AvgIpc) is 3.18. The lowest BCUT2D eigenvalue weighted by atomic mass is 10.1. The normalized spacial score (nSPS) is 11.4. The quantitative estimate of drug-likeness (QED) is 0.521. The van der Waals surface area contributed by atoms with E-state index in [1.54, 1.807) is 20.4 Å². The molecule has 0 bridgehead atoms. The Morgan fingerprint density at radius 1 is 1.14 bits per heavy atom. The lowest BCUT2D eigenvalue weighted by Crippen LogP contribution is -2.38. The first-order valence-electron chi connectivity index (χ1n) is 9.15. The fourth-order valence-corrected chi connectivity index (χ4v) is 2.86. The van der Waals surface area contributed by atoms with Crippen LogP contribution < -0.4 is 10.1 Å². The number of nitrogens with one attached hydrogen (secondary N) is 1. The molecule has 0 radical (unpaired) electrons. The van der Waals surface area contributed by atoms with Gasteiger partial charge in [0.05, 0.1) is 19.9 Å². The van der Waals surface area contributed by atoms with E-state index >= 15 is 0 Å². The van der Waals surface area contributed by atoms with Gasteiger partial charge in [-0.1, -0.05) is 42.0 Å². The van der Waals surface area contributed by atoms with Crippen molar-refractivity contribution in [2.24, 2.45) is 4.99 Å². The second-order valence-electron chi connectivity index (χ2n) is 6.59. The third-order valence-corrected chi connectivity index (χ3v) is 4.44. The van der Waals surface area contributed by atoms with E-state index in [4.69, 9.17) is 9.15 Å². The van der Waals surface area contributed by atoms with Gasteiger partial charge in [-0.2, -0.15) is 0 Å². The SMILES string of the molecule is CN=C(NCc1ncc(-c2ccc(C)cc2)o1)N(C)Cc1ccc(OC)cc1. The molecule has 0 atom stereocenters.